The highest BCUT2D eigenvalue weighted by Crippen LogP contribution is 2.19. The lowest BCUT2D eigenvalue weighted by Crippen LogP contribution is -2.28. The van der Waals surface area contributed by atoms with Crippen LogP contribution in [-0.2, 0) is 6.42 Å². The van der Waals surface area contributed by atoms with Crippen molar-refractivity contribution in [1.82, 2.24) is 9.88 Å². The molecule has 17 heavy (non-hydrogen) atoms. The zero-order valence-electron chi connectivity index (χ0n) is 10.9. The highest BCUT2D eigenvalue weighted by Gasteiger charge is 2.12. The van der Waals surface area contributed by atoms with E-state index in [4.69, 9.17) is 0 Å². The summed E-state index contributed by atoms with van der Waals surface area (Å²) in [5.41, 5.74) is 3.17. The second-order valence-electron chi connectivity index (χ2n) is 5.02. The van der Waals surface area contributed by atoms with E-state index in [1.165, 1.54) is 36.4 Å². The van der Waals surface area contributed by atoms with Crippen molar-refractivity contribution in [1.29, 1.82) is 0 Å². The number of thiazole rings is 1. The Hall–Kier alpha value is -0.670. The van der Waals surface area contributed by atoms with Gasteiger partial charge in [0.15, 0.2) is 0 Å². The molecule has 1 aliphatic carbocycles. The summed E-state index contributed by atoms with van der Waals surface area (Å²) in [6, 6.07) is 0. The molecule has 0 unspecified atom stereocenters. The normalized spacial score (nSPS) is 20.1. The van der Waals surface area contributed by atoms with Crippen LogP contribution in [0.4, 0.5) is 0 Å². The fraction of sp³-hybridized carbons (Fsp3) is 0.643. The van der Waals surface area contributed by atoms with Crippen LogP contribution in [-0.4, -0.2) is 30.0 Å². The number of hydrogen-bond acceptors (Lipinski definition) is 3. The summed E-state index contributed by atoms with van der Waals surface area (Å²) in [4.78, 5) is 8.22. The summed E-state index contributed by atoms with van der Waals surface area (Å²) in [5.74, 6) is 0.868. The molecule has 0 N–H and O–H groups in total. The minimum Gasteiger partial charge on any atom is -0.306 e. The molecule has 0 bridgehead atoms. The molecule has 2 rings (SSSR count). The fourth-order valence-electron chi connectivity index (χ4n) is 2.41. The predicted molar refractivity (Wildman–Crippen MR) is 74.5 cm³/mol. The van der Waals surface area contributed by atoms with Gasteiger partial charge in [-0.1, -0.05) is 12.2 Å². The largest absolute Gasteiger partial charge is 0.306 e. The first kappa shape index (κ1) is 12.8. The lowest BCUT2D eigenvalue weighted by molar-refractivity contribution is 0.268. The Bertz CT molecular complexity index is 370. The van der Waals surface area contributed by atoms with Crippen molar-refractivity contribution in [3.8, 4) is 0 Å². The lowest BCUT2D eigenvalue weighted by atomic mass is 9.94. The molecule has 1 heterocycles. The molecule has 0 amide bonds. The van der Waals surface area contributed by atoms with E-state index in [2.05, 4.69) is 36.0 Å². The molecule has 2 nitrogen and oxygen atoms in total. The Morgan fingerprint density at radius 3 is 3.00 bits per heavy atom. The van der Waals surface area contributed by atoms with E-state index in [-0.39, 0.29) is 0 Å². The Kier molecular flexibility index (Phi) is 4.75. The maximum atomic E-state index is 4.30. The van der Waals surface area contributed by atoms with Gasteiger partial charge in [0.2, 0.25) is 0 Å². The van der Waals surface area contributed by atoms with E-state index in [9.17, 15) is 0 Å². The van der Waals surface area contributed by atoms with Crippen molar-refractivity contribution >= 4 is 11.3 Å². The van der Waals surface area contributed by atoms with Crippen LogP contribution < -0.4 is 0 Å². The van der Waals surface area contributed by atoms with Crippen LogP contribution >= 0.6 is 11.3 Å². The third kappa shape index (κ3) is 3.93. The standard InChI is InChI=1S/C14H22N2S/c1-12-14(17-11-15-12)8-9-16(2)10-13-6-4-3-5-7-13/h3-4,11,13H,5-10H2,1-2H3/t13-/m1/s1. The zero-order valence-corrected chi connectivity index (χ0v) is 11.7. The summed E-state index contributed by atoms with van der Waals surface area (Å²) in [6.07, 6.45) is 9.71. The van der Waals surface area contributed by atoms with Crippen LogP contribution in [0.25, 0.3) is 0 Å². The van der Waals surface area contributed by atoms with Gasteiger partial charge < -0.3 is 4.90 Å². The van der Waals surface area contributed by atoms with Crippen molar-refractivity contribution in [3.63, 3.8) is 0 Å². The minimum atomic E-state index is 0.868. The highest BCUT2D eigenvalue weighted by atomic mass is 32.1. The summed E-state index contributed by atoms with van der Waals surface area (Å²) in [5, 5.41) is 0. The predicted octanol–water partition coefficient (Wildman–Crippen LogP) is 3.28. The minimum absolute atomic E-state index is 0.868. The van der Waals surface area contributed by atoms with Crippen LogP contribution in [0.2, 0.25) is 0 Å². The van der Waals surface area contributed by atoms with E-state index < -0.39 is 0 Å². The van der Waals surface area contributed by atoms with E-state index in [0.717, 1.165) is 18.9 Å². The van der Waals surface area contributed by atoms with Crippen molar-refractivity contribution in [2.75, 3.05) is 20.1 Å². The maximum absolute atomic E-state index is 4.30. The molecule has 1 aliphatic rings. The van der Waals surface area contributed by atoms with Crippen LogP contribution in [0.15, 0.2) is 17.7 Å². The zero-order chi connectivity index (χ0) is 12.1. The van der Waals surface area contributed by atoms with Gasteiger partial charge in [0.05, 0.1) is 11.2 Å². The van der Waals surface area contributed by atoms with Gasteiger partial charge in [-0.15, -0.1) is 11.3 Å². The van der Waals surface area contributed by atoms with Gasteiger partial charge in [0.1, 0.15) is 0 Å². The Morgan fingerprint density at radius 2 is 2.35 bits per heavy atom. The molecule has 0 aromatic carbocycles. The first-order valence-electron chi connectivity index (χ1n) is 6.48. The third-order valence-electron chi connectivity index (χ3n) is 3.51. The average molecular weight is 250 g/mol. The molecule has 3 heteroatoms. The van der Waals surface area contributed by atoms with Gasteiger partial charge in [0.25, 0.3) is 0 Å². The molecular weight excluding hydrogens is 228 g/mol. The van der Waals surface area contributed by atoms with Crippen molar-refractivity contribution in [3.05, 3.63) is 28.2 Å². The molecule has 1 aromatic heterocycles. The van der Waals surface area contributed by atoms with Crippen molar-refractivity contribution in [2.45, 2.75) is 32.6 Å². The molecule has 1 atom stereocenters. The summed E-state index contributed by atoms with van der Waals surface area (Å²) >= 11 is 1.79. The number of aryl methyl sites for hydroxylation is 1. The van der Waals surface area contributed by atoms with Gasteiger partial charge in [-0.3, -0.25) is 0 Å². The molecule has 0 spiro atoms. The third-order valence-corrected chi connectivity index (χ3v) is 4.51. The van der Waals surface area contributed by atoms with Crippen LogP contribution in [0.1, 0.15) is 29.8 Å². The molecular formula is C14H22N2S. The van der Waals surface area contributed by atoms with Gasteiger partial charge in [-0.25, -0.2) is 4.98 Å². The number of nitrogens with zero attached hydrogens (tertiary/aromatic N) is 2. The monoisotopic (exact) mass is 250 g/mol. The smallest absolute Gasteiger partial charge is 0.0797 e. The first-order chi connectivity index (χ1) is 8.25. The molecule has 0 saturated carbocycles. The Morgan fingerprint density at radius 1 is 1.47 bits per heavy atom. The second kappa shape index (κ2) is 6.31. The SMILES string of the molecule is Cc1ncsc1CCN(C)C[C@@H]1CC=CCC1. The van der Waals surface area contributed by atoms with Gasteiger partial charge >= 0.3 is 0 Å². The Balaban J connectivity index is 1.72. The van der Waals surface area contributed by atoms with Gasteiger partial charge in [-0.05, 0) is 45.6 Å². The number of rotatable bonds is 5. The number of hydrogen-bond donors (Lipinski definition) is 0. The number of allylic oxidation sites excluding steroid dienone is 2. The summed E-state index contributed by atoms with van der Waals surface area (Å²) < 4.78 is 0. The van der Waals surface area contributed by atoms with E-state index in [0.29, 0.717) is 0 Å². The number of aromatic nitrogens is 1. The van der Waals surface area contributed by atoms with Crippen LogP contribution in [0.5, 0.6) is 0 Å². The highest BCUT2D eigenvalue weighted by molar-refractivity contribution is 7.09. The van der Waals surface area contributed by atoms with E-state index >= 15 is 0 Å². The van der Waals surface area contributed by atoms with Crippen molar-refractivity contribution in [2.24, 2.45) is 5.92 Å². The van der Waals surface area contributed by atoms with E-state index in [1.54, 1.807) is 11.3 Å². The lowest BCUT2D eigenvalue weighted by Gasteiger charge is -2.24. The van der Waals surface area contributed by atoms with Gasteiger partial charge in [0, 0.05) is 18.0 Å². The fourth-order valence-corrected chi connectivity index (χ4v) is 3.18. The second-order valence-corrected chi connectivity index (χ2v) is 5.96. The van der Waals surface area contributed by atoms with Crippen LogP contribution in [0.3, 0.4) is 0 Å². The summed E-state index contributed by atoms with van der Waals surface area (Å²) in [6.45, 7) is 4.50. The first-order valence-corrected chi connectivity index (χ1v) is 7.36. The van der Waals surface area contributed by atoms with Crippen LogP contribution in [0, 0.1) is 12.8 Å². The van der Waals surface area contributed by atoms with E-state index in [1.807, 2.05) is 5.51 Å². The maximum Gasteiger partial charge on any atom is 0.0797 e. The molecule has 0 fully saturated rings. The molecule has 0 saturated heterocycles. The molecule has 1 aromatic rings. The van der Waals surface area contributed by atoms with Crippen molar-refractivity contribution < 1.29 is 0 Å². The van der Waals surface area contributed by atoms with Gasteiger partial charge in [-0.2, -0.15) is 0 Å². The number of likely N-dealkylation sites (N-methyl/N-ethyl adjacent to an activating group) is 1. The molecule has 0 aliphatic heterocycles. The Labute approximate surface area is 108 Å². The average Bonchev–Trinajstić information content (AvgIpc) is 2.74. The topological polar surface area (TPSA) is 16.1 Å². The molecule has 0 radical (unpaired) electrons. The quantitative estimate of drug-likeness (QED) is 0.746. The summed E-state index contributed by atoms with van der Waals surface area (Å²) in [7, 11) is 2.24. The molecule has 94 valence electrons.